The van der Waals surface area contributed by atoms with Gasteiger partial charge in [-0.2, -0.15) is 13.2 Å². The van der Waals surface area contributed by atoms with Crippen LogP contribution in [0.2, 0.25) is 0 Å². The first kappa shape index (κ1) is 21.2. The zero-order valence-electron chi connectivity index (χ0n) is 16.1. The van der Waals surface area contributed by atoms with Gasteiger partial charge in [0.15, 0.2) is 0 Å². The topological polar surface area (TPSA) is 65.1 Å². The average molecular weight is 376 g/mol. The maximum Gasteiger partial charge on any atom is 0.429 e. The molecule has 1 aliphatic carbocycles. The molecule has 5 nitrogen and oxygen atoms in total. The Bertz CT molecular complexity index is 553. The molecule has 1 saturated carbocycles. The van der Waals surface area contributed by atoms with Gasteiger partial charge in [-0.05, 0) is 53.4 Å². The number of nitrogens with two attached hydrogens (primary N) is 1. The fraction of sp³-hybridized carbons (Fsp3) is 0.833. The number of nitrogens with zero attached hydrogens (tertiary/aromatic N) is 3. The lowest BCUT2D eigenvalue weighted by Gasteiger charge is -2.52. The van der Waals surface area contributed by atoms with E-state index in [0.717, 1.165) is 12.8 Å². The van der Waals surface area contributed by atoms with Crippen LogP contribution in [0, 0.1) is 0 Å². The third-order valence-corrected chi connectivity index (χ3v) is 5.13. The van der Waals surface area contributed by atoms with Crippen LogP contribution in [0.1, 0.15) is 53.4 Å². The Morgan fingerprint density at radius 1 is 1.42 bits per heavy atom. The van der Waals surface area contributed by atoms with Gasteiger partial charge < -0.3 is 15.7 Å². The summed E-state index contributed by atoms with van der Waals surface area (Å²) in [4.78, 5) is 7.74. The summed E-state index contributed by atoms with van der Waals surface area (Å²) in [6.45, 7) is 8.25. The minimum atomic E-state index is -4.36. The van der Waals surface area contributed by atoms with E-state index in [1.165, 1.54) is 0 Å². The number of aliphatic imine (C=N–C) groups is 1. The van der Waals surface area contributed by atoms with Gasteiger partial charge in [-0.15, -0.1) is 0 Å². The zero-order chi connectivity index (χ0) is 19.7. The van der Waals surface area contributed by atoms with Gasteiger partial charge in [0.1, 0.15) is 11.4 Å². The summed E-state index contributed by atoms with van der Waals surface area (Å²) in [5.74, 6) is 0. The molecular weight excluding hydrogens is 345 g/mol. The van der Waals surface area contributed by atoms with Gasteiger partial charge in [-0.3, -0.25) is 4.99 Å². The Labute approximate surface area is 153 Å². The monoisotopic (exact) mass is 376 g/mol. The first-order valence-electron chi connectivity index (χ1n) is 9.30. The summed E-state index contributed by atoms with van der Waals surface area (Å²) in [5.41, 5.74) is 4.64. The van der Waals surface area contributed by atoms with E-state index in [-0.39, 0.29) is 31.2 Å². The number of rotatable bonds is 7. The summed E-state index contributed by atoms with van der Waals surface area (Å²) < 4.78 is 39.4. The molecule has 0 bridgehead atoms. The van der Waals surface area contributed by atoms with E-state index < -0.39 is 17.6 Å². The molecule has 150 valence electrons. The van der Waals surface area contributed by atoms with Crippen LogP contribution in [0.4, 0.5) is 13.2 Å². The van der Waals surface area contributed by atoms with Crippen LogP contribution in [0.25, 0.3) is 0 Å². The molecule has 26 heavy (non-hydrogen) atoms. The van der Waals surface area contributed by atoms with Crippen LogP contribution in [0.3, 0.4) is 0 Å². The van der Waals surface area contributed by atoms with Crippen molar-refractivity contribution in [2.45, 2.75) is 83.5 Å². The minimum Gasteiger partial charge on any atom is -0.372 e. The second-order valence-corrected chi connectivity index (χ2v) is 7.66. The second kappa shape index (κ2) is 7.86. The van der Waals surface area contributed by atoms with Crippen molar-refractivity contribution in [3.05, 3.63) is 11.8 Å². The van der Waals surface area contributed by atoms with E-state index in [2.05, 4.69) is 4.99 Å². The number of alkyl halides is 3. The number of aliphatic hydroxyl groups is 1. The summed E-state index contributed by atoms with van der Waals surface area (Å²) in [5, 5.41) is 10.9. The maximum atomic E-state index is 13.1. The molecule has 2 aliphatic rings. The van der Waals surface area contributed by atoms with Crippen molar-refractivity contribution in [2.75, 3.05) is 13.1 Å². The first-order valence-corrected chi connectivity index (χ1v) is 9.30. The van der Waals surface area contributed by atoms with Crippen molar-refractivity contribution in [3.63, 3.8) is 0 Å². The smallest absolute Gasteiger partial charge is 0.372 e. The fourth-order valence-corrected chi connectivity index (χ4v) is 3.68. The van der Waals surface area contributed by atoms with E-state index in [9.17, 15) is 18.3 Å². The van der Waals surface area contributed by atoms with Gasteiger partial charge in [0.25, 0.3) is 0 Å². The molecule has 1 fully saturated rings. The molecular formula is C18H31F3N4O. The Morgan fingerprint density at radius 3 is 2.50 bits per heavy atom. The predicted molar refractivity (Wildman–Crippen MR) is 96.7 cm³/mol. The highest BCUT2D eigenvalue weighted by atomic mass is 19.4. The highest BCUT2D eigenvalue weighted by molar-refractivity contribution is 5.90. The molecule has 2 rings (SSSR count). The van der Waals surface area contributed by atoms with Crippen LogP contribution >= 0.6 is 0 Å². The van der Waals surface area contributed by atoms with Crippen molar-refractivity contribution >= 4 is 5.71 Å². The summed E-state index contributed by atoms with van der Waals surface area (Å²) in [7, 11) is 0. The van der Waals surface area contributed by atoms with Gasteiger partial charge in [0, 0.05) is 30.9 Å². The summed E-state index contributed by atoms with van der Waals surface area (Å²) >= 11 is 0. The Hall–Kier alpha value is -1.12. The van der Waals surface area contributed by atoms with E-state index >= 15 is 0 Å². The number of hydrogen-bond acceptors (Lipinski definition) is 5. The Balaban J connectivity index is 2.08. The molecule has 1 aliphatic heterocycles. The standard InChI is InChI=1S/C18H31F3N4O/c1-12(2)25-13(3)24(11-14(10-22)17(25,4)26)9-5-6-16(18(19,20)21)23-15-7-8-15/h11-13,15,26H,5-10,22H2,1-4H3. The van der Waals surface area contributed by atoms with Crippen LogP contribution in [-0.4, -0.2) is 63.9 Å². The van der Waals surface area contributed by atoms with E-state index in [1.54, 1.807) is 13.1 Å². The van der Waals surface area contributed by atoms with Gasteiger partial charge in [0.2, 0.25) is 0 Å². The molecule has 0 aromatic rings. The van der Waals surface area contributed by atoms with Crippen LogP contribution in [0.5, 0.6) is 0 Å². The van der Waals surface area contributed by atoms with Crippen molar-refractivity contribution in [2.24, 2.45) is 10.7 Å². The summed E-state index contributed by atoms with van der Waals surface area (Å²) in [6, 6.07) is -0.0873. The van der Waals surface area contributed by atoms with Gasteiger partial charge in [-0.1, -0.05) is 0 Å². The predicted octanol–water partition coefficient (Wildman–Crippen LogP) is 2.86. The Kier molecular flexibility index (Phi) is 6.40. The summed E-state index contributed by atoms with van der Waals surface area (Å²) in [6.07, 6.45) is -0.940. The SMILES string of the molecule is CC(C)N1C(C)N(CCCC(=NC2CC2)C(F)(F)F)C=C(CN)C1(C)O. The van der Waals surface area contributed by atoms with E-state index in [1.807, 2.05) is 30.6 Å². The molecule has 8 heteroatoms. The lowest BCUT2D eigenvalue weighted by molar-refractivity contribution is -0.142. The number of halogens is 3. The molecule has 0 saturated heterocycles. The van der Waals surface area contributed by atoms with Crippen molar-refractivity contribution in [1.82, 2.24) is 9.80 Å². The van der Waals surface area contributed by atoms with Gasteiger partial charge >= 0.3 is 6.18 Å². The second-order valence-electron chi connectivity index (χ2n) is 7.66. The van der Waals surface area contributed by atoms with Crippen molar-refractivity contribution in [3.8, 4) is 0 Å². The molecule has 2 atom stereocenters. The van der Waals surface area contributed by atoms with Crippen LogP contribution < -0.4 is 5.73 Å². The largest absolute Gasteiger partial charge is 0.429 e. The molecule has 1 heterocycles. The molecule has 3 N–H and O–H groups in total. The lowest BCUT2D eigenvalue weighted by atomic mass is 9.97. The van der Waals surface area contributed by atoms with Crippen molar-refractivity contribution < 1.29 is 18.3 Å². The normalized spacial score (nSPS) is 28.7. The third-order valence-electron chi connectivity index (χ3n) is 5.13. The molecule has 2 unspecified atom stereocenters. The maximum absolute atomic E-state index is 13.1. The Morgan fingerprint density at radius 2 is 2.04 bits per heavy atom. The van der Waals surface area contributed by atoms with Crippen molar-refractivity contribution in [1.29, 1.82) is 0 Å². The molecule has 0 aromatic heterocycles. The van der Waals surface area contributed by atoms with Crippen LogP contribution in [0.15, 0.2) is 16.8 Å². The minimum absolute atomic E-state index is 0.0555. The highest BCUT2D eigenvalue weighted by Crippen LogP contribution is 2.33. The van der Waals surface area contributed by atoms with E-state index in [0.29, 0.717) is 18.5 Å². The quantitative estimate of drug-likeness (QED) is 0.671. The van der Waals surface area contributed by atoms with Gasteiger partial charge in [-0.25, -0.2) is 4.90 Å². The molecule has 0 amide bonds. The third kappa shape index (κ3) is 4.78. The molecule has 0 spiro atoms. The van der Waals surface area contributed by atoms with E-state index in [4.69, 9.17) is 5.73 Å². The van der Waals surface area contributed by atoms with Gasteiger partial charge in [0.05, 0.1) is 12.2 Å². The first-order chi connectivity index (χ1) is 12.0. The number of hydrogen-bond donors (Lipinski definition) is 2. The lowest BCUT2D eigenvalue weighted by Crippen LogP contribution is -2.63. The fourth-order valence-electron chi connectivity index (χ4n) is 3.68. The average Bonchev–Trinajstić information content (AvgIpc) is 3.30. The highest BCUT2D eigenvalue weighted by Gasteiger charge is 2.43. The zero-order valence-corrected chi connectivity index (χ0v) is 16.1. The molecule has 0 aromatic carbocycles. The van der Waals surface area contributed by atoms with Crippen LogP contribution in [-0.2, 0) is 0 Å². The molecule has 0 radical (unpaired) electrons.